The van der Waals surface area contributed by atoms with Gasteiger partial charge in [-0.15, -0.1) is 11.3 Å². The summed E-state index contributed by atoms with van der Waals surface area (Å²) in [6.07, 6.45) is 7.17. The van der Waals surface area contributed by atoms with Crippen molar-refractivity contribution < 1.29 is 4.74 Å². The van der Waals surface area contributed by atoms with E-state index >= 15 is 0 Å². The van der Waals surface area contributed by atoms with Crippen molar-refractivity contribution in [1.82, 2.24) is 10.3 Å². The van der Waals surface area contributed by atoms with Crippen LogP contribution in [0.5, 0.6) is 0 Å². The number of hydrogen-bond donors (Lipinski definition) is 1. The number of piperidine rings is 1. The van der Waals surface area contributed by atoms with Crippen molar-refractivity contribution >= 4 is 11.3 Å². The van der Waals surface area contributed by atoms with E-state index in [4.69, 9.17) is 4.74 Å². The Morgan fingerprint density at radius 3 is 3.29 bits per heavy atom. The van der Waals surface area contributed by atoms with Gasteiger partial charge in [0, 0.05) is 18.2 Å². The first-order valence-corrected chi connectivity index (χ1v) is 7.46. The van der Waals surface area contributed by atoms with Crippen LogP contribution in [-0.2, 0) is 4.74 Å². The second-order valence-electron chi connectivity index (χ2n) is 4.74. The van der Waals surface area contributed by atoms with Crippen molar-refractivity contribution in [3.05, 3.63) is 16.6 Å². The molecule has 0 saturated carbocycles. The molecule has 2 atom stereocenters. The van der Waals surface area contributed by atoms with Crippen LogP contribution in [0.15, 0.2) is 11.6 Å². The van der Waals surface area contributed by atoms with Gasteiger partial charge >= 0.3 is 0 Å². The van der Waals surface area contributed by atoms with E-state index in [0.717, 1.165) is 17.5 Å². The first kappa shape index (κ1) is 13.0. The van der Waals surface area contributed by atoms with Gasteiger partial charge in [-0.25, -0.2) is 4.98 Å². The summed E-state index contributed by atoms with van der Waals surface area (Å²) in [5.74, 6) is 0.863. The first-order chi connectivity index (χ1) is 8.36. The fraction of sp³-hybridized carbons (Fsp3) is 0.769. The lowest BCUT2D eigenvalue weighted by Crippen LogP contribution is -2.29. The van der Waals surface area contributed by atoms with Gasteiger partial charge in [0.15, 0.2) is 0 Å². The molecule has 96 valence electrons. The summed E-state index contributed by atoms with van der Waals surface area (Å²) < 4.78 is 5.80. The molecule has 0 bridgehead atoms. The summed E-state index contributed by atoms with van der Waals surface area (Å²) in [7, 11) is 0. The van der Waals surface area contributed by atoms with E-state index in [0.29, 0.717) is 0 Å². The van der Waals surface area contributed by atoms with Crippen LogP contribution in [0.1, 0.15) is 43.7 Å². The SMILES string of the molecule is C[C@H](OCCC[C@H]1CCCNC1)c1nccs1. The van der Waals surface area contributed by atoms with Crippen molar-refractivity contribution in [3.63, 3.8) is 0 Å². The molecule has 2 heterocycles. The van der Waals surface area contributed by atoms with E-state index in [1.165, 1.54) is 38.8 Å². The highest BCUT2D eigenvalue weighted by Gasteiger charge is 2.13. The molecule has 0 unspecified atom stereocenters. The molecular weight excluding hydrogens is 232 g/mol. The highest BCUT2D eigenvalue weighted by atomic mass is 32.1. The van der Waals surface area contributed by atoms with Crippen LogP contribution in [-0.4, -0.2) is 24.7 Å². The van der Waals surface area contributed by atoms with Crippen LogP contribution >= 0.6 is 11.3 Å². The van der Waals surface area contributed by atoms with E-state index in [-0.39, 0.29) is 6.10 Å². The Bertz CT molecular complexity index is 296. The van der Waals surface area contributed by atoms with E-state index in [2.05, 4.69) is 17.2 Å². The third kappa shape index (κ3) is 4.37. The summed E-state index contributed by atoms with van der Waals surface area (Å²) in [6.45, 7) is 5.34. The number of aromatic nitrogens is 1. The highest BCUT2D eigenvalue weighted by molar-refractivity contribution is 7.09. The third-order valence-corrected chi connectivity index (χ3v) is 4.26. The minimum absolute atomic E-state index is 0.152. The number of nitrogens with one attached hydrogen (secondary N) is 1. The molecule has 3 nitrogen and oxygen atoms in total. The average molecular weight is 254 g/mol. The Balaban J connectivity index is 1.56. The lowest BCUT2D eigenvalue weighted by Gasteiger charge is -2.22. The van der Waals surface area contributed by atoms with E-state index in [1.807, 2.05) is 11.6 Å². The van der Waals surface area contributed by atoms with Crippen molar-refractivity contribution in [3.8, 4) is 0 Å². The van der Waals surface area contributed by atoms with Crippen molar-refractivity contribution in [2.24, 2.45) is 5.92 Å². The van der Waals surface area contributed by atoms with Gasteiger partial charge in [0.1, 0.15) is 11.1 Å². The van der Waals surface area contributed by atoms with E-state index in [9.17, 15) is 0 Å². The number of thiazole rings is 1. The molecule has 1 fully saturated rings. The summed E-state index contributed by atoms with van der Waals surface area (Å²) >= 11 is 1.67. The summed E-state index contributed by atoms with van der Waals surface area (Å²) in [5.41, 5.74) is 0. The largest absolute Gasteiger partial charge is 0.371 e. The molecule has 4 heteroatoms. The van der Waals surface area contributed by atoms with Crippen LogP contribution in [0.3, 0.4) is 0 Å². The molecule has 1 aromatic rings. The molecule has 2 rings (SSSR count). The van der Waals surface area contributed by atoms with Gasteiger partial charge in [0.25, 0.3) is 0 Å². The van der Waals surface area contributed by atoms with Crippen molar-refractivity contribution in [1.29, 1.82) is 0 Å². The second-order valence-corrected chi connectivity index (χ2v) is 5.66. The smallest absolute Gasteiger partial charge is 0.121 e. The predicted molar refractivity (Wildman–Crippen MR) is 71.3 cm³/mol. The maximum absolute atomic E-state index is 5.80. The zero-order valence-electron chi connectivity index (χ0n) is 10.5. The Labute approximate surface area is 108 Å². The van der Waals surface area contributed by atoms with Crippen molar-refractivity contribution in [2.75, 3.05) is 19.7 Å². The molecule has 0 radical (unpaired) electrons. The molecule has 1 saturated heterocycles. The number of rotatable bonds is 6. The van der Waals surface area contributed by atoms with E-state index < -0.39 is 0 Å². The quantitative estimate of drug-likeness (QED) is 0.792. The van der Waals surface area contributed by atoms with Gasteiger partial charge in [0.05, 0.1) is 0 Å². The average Bonchev–Trinajstić information content (AvgIpc) is 2.89. The van der Waals surface area contributed by atoms with Crippen LogP contribution in [0.2, 0.25) is 0 Å². The lowest BCUT2D eigenvalue weighted by molar-refractivity contribution is 0.0600. The maximum atomic E-state index is 5.80. The Morgan fingerprint density at radius 2 is 2.59 bits per heavy atom. The summed E-state index contributed by atoms with van der Waals surface area (Å²) in [4.78, 5) is 4.27. The van der Waals surface area contributed by atoms with Gasteiger partial charge in [-0.3, -0.25) is 0 Å². The summed E-state index contributed by atoms with van der Waals surface area (Å²) in [6, 6.07) is 0. The normalized spacial score (nSPS) is 22.5. The second kappa shape index (κ2) is 7.09. The molecule has 0 amide bonds. The molecule has 1 aliphatic rings. The number of ether oxygens (including phenoxy) is 1. The Morgan fingerprint density at radius 1 is 1.65 bits per heavy atom. The van der Waals surface area contributed by atoms with Gasteiger partial charge in [-0.05, 0) is 51.6 Å². The standard InChI is InChI=1S/C13H22N2OS/c1-11(13-15-7-9-17-13)16-8-3-5-12-4-2-6-14-10-12/h7,9,11-12,14H,2-6,8,10H2,1H3/t11-,12+/m0/s1. The topological polar surface area (TPSA) is 34.1 Å². The molecule has 1 aliphatic heterocycles. The molecule has 0 spiro atoms. The third-order valence-electron chi connectivity index (χ3n) is 3.32. The zero-order valence-corrected chi connectivity index (χ0v) is 11.3. The maximum Gasteiger partial charge on any atom is 0.121 e. The van der Waals surface area contributed by atoms with E-state index in [1.54, 1.807) is 11.3 Å². The molecule has 1 N–H and O–H groups in total. The molecule has 1 aromatic heterocycles. The van der Waals surface area contributed by atoms with Crippen molar-refractivity contribution in [2.45, 2.75) is 38.7 Å². The Kier molecular flexibility index (Phi) is 5.42. The van der Waals surface area contributed by atoms with Crippen LogP contribution in [0.4, 0.5) is 0 Å². The minimum Gasteiger partial charge on any atom is -0.371 e. The number of nitrogens with zero attached hydrogens (tertiary/aromatic N) is 1. The molecular formula is C13H22N2OS. The Hall–Kier alpha value is -0.450. The summed E-state index contributed by atoms with van der Waals surface area (Å²) in [5, 5.41) is 6.55. The van der Waals surface area contributed by atoms with Crippen LogP contribution < -0.4 is 5.32 Å². The van der Waals surface area contributed by atoms with Crippen LogP contribution in [0, 0.1) is 5.92 Å². The fourth-order valence-electron chi connectivity index (χ4n) is 2.31. The van der Waals surface area contributed by atoms with Gasteiger partial charge in [-0.2, -0.15) is 0 Å². The monoisotopic (exact) mass is 254 g/mol. The zero-order chi connectivity index (χ0) is 11.9. The molecule has 0 aliphatic carbocycles. The predicted octanol–water partition coefficient (Wildman–Crippen LogP) is 3.00. The minimum atomic E-state index is 0.152. The lowest BCUT2D eigenvalue weighted by atomic mass is 9.95. The van der Waals surface area contributed by atoms with Gasteiger partial charge < -0.3 is 10.1 Å². The van der Waals surface area contributed by atoms with Crippen LogP contribution in [0.25, 0.3) is 0 Å². The van der Waals surface area contributed by atoms with Gasteiger partial charge in [0.2, 0.25) is 0 Å². The highest BCUT2D eigenvalue weighted by Crippen LogP contribution is 2.20. The number of hydrogen-bond acceptors (Lipinski definition) is 4. The van der Waals surface area contributed by atoms with Gasteiger partial charge in [-0.1, -0.05) is 0 Å². The fourth-order valence-corrected chi connectivity index (χ4v) is 2.95. The molecule has 0 aromatic carbocycles. The molecule has 17 heavy (non-hydrogen) atoms. The first-order valence-electron chi connectivity index (χ1n) is 6.58.